The Morgan fingerprint density at radius 1 is 0.958 bits per heavy atom. The molecule has 0 saturated heterocycles. The standard InChI is InChI=1S/C37H33N4O4PS2/c1-25(37(43)44-3)24-46(47,45-34-16-10-12-26-11-4-5-14-29(26)34)41-33-23-28(48-35-17-7-6-15-31(35)36(42)38-2)19-20-30(33)32(40-41)21-18-27-13-8-9-22-39-27/h4-23,25H,24H2,1-3H3,(H,38,42)/b21-18+/t25-,46?/m1/s1. The van der Waals surface area contributed by atoms with Gasteiger partial charge in [0.1, 0.15) is 5.75 Å². The second-order valence-electron chi connectivity index (χ2n) is 11.0. The predicted octanol–water partition coefficient (Wildman–Crippen LogP) is 8.31. The molecule has 48 heavy (non-hydrogen) atoms. The van der Waals surface area contributed by atoms with Gasteiger partial charge < -0.3 is 14.6 Å². The van der Waals surface area contributed by atoms with Gasteiger partial charge in [0.15, 0.2) is 0 Å². The number of nitrogens with zero attached hydrogens (tertiary/aromatic N) is 3. The summed E-state index contributed by atoms with van der Waals surface area (Å²) in [5.74, 6) is -0.478. The number of benzene rings is 4. The first-order chi connectivity index (χ1) is 23.3. The Morgan fingerprint density at radius 3 is 2.52 bits per heavy atom. The van der Waals surface area contributed by atoms with Crippen molar-refractivity contribution >= 4 is 75.7 Å². The molecule has 0 radical (unpaired) electrons. The molecule has 2 aromatic heterocycles. The molecule has 0 aliphatic carbocycles. The molecule has 0 aliphatic rings. The van der Waals surface area contributed by atoms with Gasteiger partial charge in [-0.25, -0.2) is 4.45 Å². The molecule has 0 fully saturated rings. The molecule has 242 valence electrons. The monoisotopic (exact) mass is 692 g/mol. The van der Waals surface area contributed by atoms with Crippen molar-refractivity contribution in [2.75, 3.05) is 20.3 Å². The molecule has 2 atom stereocenters. The lowest BCUT2D eigenvalue weighted by Crippen LogP contribution is -2.21. The Morgan fingerprint density at radius 2 is 1.73 bits per heavy atom. The van der Waals surface area contributed by atoms with Crippen molar-refractivity contribution in [1.82, 2.24) is 19.9 Å². The van der Waals surface area contributed by atoms with Crippen LogP contribution in [0, 0.1) is 5.92 Å². The molecule has 0 saturated carbocycles. The number of fused-ring (bicyclic) bond motifs is 2. The normalized spacial score (nSPS) is 13.3. The van der Waals surface area contributed by atoms with E-state index in [1.54, 1.807) is 30.7 Å². The van der Waals surface area contributed by atoms with Gasteiger partial charge in [0.05, 0.1) is 35.5 Å². The number of carbonyl (C=O) groups is 2. The molecule has 1 amide bonds. The highest BCUT2D eigenvalue weighted by molar-refractivity contribution is 8.11. The fraction of sp³-hybridized carbons (Fsp3) is 0.135. The van der Waals surface area contributed by atoms with Crippen molar-refractivity contribution in [2.45, 2.75) is 16.7 Å². The quantitative estimate of drug-likeness (QED) is 0.107. The Balaban J connectivity index is 1.53. The van der Waals surface area contributed by atoms with Crippen LogP contribution in [0.4, 0.5) is 0 Å². The largest absolute Gasteiger partial charge is 0.469 e. The fourth-order valence-corrected chi connectivity index (χ4v) is 9.97. The van der Waals surface area contributed by atoms with Crippen molar-refractivity contribution in [3.8, 4) is 5.75 Å². The lowest BCUT2D eigenvalue weighted by molar-refractivity contribution is -0.144. The van der Waals surface area contributed by atoms with Crippen LogP contribution in [-0.4, -0.2) is 46.7 Å². The average molecular weight is 693 g/mol. The van der Waals surface area contributed by atoms with E-state index in [2.05, 4.69) is 10.3 Å². The highest BCUT2D eigenvalue weighted by atomic mass is 32.4. The molecule has 8 nitrogen and oxygen atoms in total. The van der Waals surface area contributed by atoms with E-state index in [0.29, 0.717) is 17.0 Å². The number of hydrogen-bond acceptors (Lipinski definition) is 8. The second-order valence-corrected chi connectivity index (χ2v) is 16.1. The number of aromatic nitrogens is 3. The van der Waals surface area contributed by atoms with E-state index in [9.17, 15) is 9.59 Å². The highest BCUT2D eigenvalue weighted by Gasteiger charge is 2.32. The highest BCUT2D eigenvalue weighted by Crippen LogP contribution is 2.53. The molecule has 2 heterocycles. The number of nitrogens with one attached hydrogen (secondary N) is 1. The van der Waals surface area contributed by atoms with Crippen molar-refractivity contribution in [1.29, 1.82) is 0 Å². The summed E-state index contributed by atoms with van der Waals surface area (Å²) in [6, 6.07) is 33.0. The zero-order chi connectivity index (χ0) is 33.7. The number of ether oxygens (including phenoxy) is 1. The smallest absolute Gasteiger partial charge is 0.308 e. The predicted molar refractivity (Wildman–Crippen MR) is 197 cm³/mol. The van der Waals surface area contributed by atoms with Gasteiger partial charge in [-0.2, -0.15) is 5.10 Å². The molecule has 4 aromatic carbocycles. The number of amides is 1. The third-order valence-corrected chi connectivity index (χ3v) is 12.3. The van der Waals surface area contributed by atoms with Crippen LogP contribution in [0.15, 0.2) is 119 Å². The molecule has 11 heteroatoms. The van der Waals surface area contributed by atoms with Crippen molar-refractivity contribution in [3.05, 3.63) is 126 Å². The van der Waals surface area contributed by atoms with Crippen LogP contribution in [0.1, 0.15) is 28.7 Å². The molecule has 1 N–H and O–H groups in total. The number of esters is 1. The zero-order valence-electron chi connectivity index (χ0n) is 26.6. The minimum absolute atomic E-state index is 0.165. The summed E-state index contributed by atoms with van der Waals surface area (Å²) in [7, 11) is 2.99. The first-order valence-corrected chi connectivity index (χ1v) is 18.9. The first kappa shape index (κ1) is 33.2. The summed E-state index contributed by atoms with van der Waals surface area (Å²) in [4.78, 5) is 31.6. The molecule has 0 aliphatic heterocycles. The van der Waals surface area contributed by atoms with Gasteiger partial charge in [0.2, 0.25) is 6.42 Å². The van der Waals surface area contributed by atoms with Crippen molar-refractivity contribution < 1.29 is 18.8 Å². The minimum Gasteiger partial charge on any atom is -0.469 e. The fourth-order valence-electron chi connectivity index (χ4n) is 5.37. The van der Waals surface area contributed by atoms with Crippen LogP contribution in [0.2, 0.25) is 0 Å². The molecule has 0 spiro atoms. The van der Waals surface area contributed by atoms with Gasteiger partial charge in [-0.05, 0) is 77.9 Å². The molecule has 1 unspecified atom stereocenters. The Labute approximate surface area is 288 Å². The number of hydrogen-bond donors (Lipinski definition) is 1. The van der Waals surface area contributed by atoms with Gasteiger partial charge >= 0.3 is 5.97 Å². The first-order valence-electron chi connectivity index (χ1n) is 15.3. The topological polar surface area (TPSA) is 95.3 Å². The summed E-state index contributed by atoms with van der Waals surface area (Å²) in [6.45, 7) is 1.80. The third kappa shape index (κ3) is 7.06. The number of rotatable bonds is 11. The van der Waals surface area contributed by atoms with Crippen LogP contribution in [0.3, 0.4) is 0 Å². The number of carbonyl (C=O) groups excluding carboxylic acids is 2. The van der Waals surface area contributed by atoms with Gasteiger partial charge in [0.25, 0.3) is 5.91 Å². The number of pyridine rings is 1. The van der Waals surface area contributed by atoms with Gasteiger partial charge in [-0.3, -0.25) is 14.6 Å². The maximum Gasteiger partial charge on any atom is 0.308 e. The van der Waals surface area contributed by atoms with Crippen molar-refractivity contribution in [3.63, 3.8) is 0 Å². The molecular weight excluding hydrogens is 660 g/mol. The van der Waals surface area contributed by atoms with E-state index < -0.39 is 12.3 Å². The van der Waals surface area contributed by atoms with Crippen LogP contribution in [0.5, 0.6) is 5.75 Å². The third-order valence-electron chi connectivity index (χ3n) is 7.74. The molecule has 0 bridgehead atoms. The Kier molecular flexibility index (Phi) is 10.1. The van der Waals surface area contributed by atoms with E-state index in [0.717, 1.165) is 37.2 Å². The Bertz CT molecular complexity index is 2200. The maximum atomic E-state index is 12.8. The maximum absolute atomic E-state index is 12.8. The Hall–Kier alpha value is -4.76. The summed E-state index contributed by atoms with van der Waals surface area (Å²) in [5.41, 5.74) is 2.79. The number of methoxy groups -OCH3 is 1. The molecule has 6 rings (SSSR count). The van der Waals surface area contributed by atoms with Crippen LogP contribution in [0.25, 0.3) is 33.8 Å². The minimum atomic E-state index is -3.16. The SMILES string of the molecule is CNC(=O)c1ccccc1Sc1ccc2c(/C=C/c3ccccn3)nn(P(=S)(C[C@@H](C)C(=O)OC)Oc3cccc4ccccc34)c2c1. The van der Waals surface area contributed by atoms with Crippen LogP contribution in [-0.2, 0) is 21.3 Å². The summed E-state index contributed by atoms with van der Waals surface area (Å²) in [6.07, 6.45) is 2.60. The van der Waals surface area contributed by atoms with E-state index >= 15 is 0 Å². The van der Waals surface area contributed by atoms with Crippen LogP contribution >= 0.6 is 18.2 Å². The van der Waals surface area contributed by atoms with Gasteiger partial charge in [0, 0.05) is 40.0 Å². The second kappa shape index (κ2) is 14.6. The van der Waals surface area contributed by atoms with Gasteiger partial charge in [-0.15, -0.1) is 0 Å². The van der Waals surface area contributed by atoms with Crippen LogP contribution < -0.4 is 9.84 Å². The zero-order valence-corrected chi connectivity index (χ0v) is 29.1. The summed E-state index contributed by atoms with van der Waals surface area (Å²) in [5, 5.41) is 10.6. The lowest BCUT2D eigenvalue weighted by atomic mass is 10.1. The van der Waals surface area contributed by atoms with Crippen molar-refractivity contribution in [2.24, 2.45) is 5.92 Å². The van der Waals surface area contributed by atoms with E-state index in [1.807, 2.05) is 109 Å². The summed E-state index contributed by atoms with van der Waals surface area (Å²) < 4.78 is 13.8. The van der Waals surface area contributed by atoms with Gasteiger partial charge in [-0.1, -0.05) is 73.3 Å². The van der Waals surface area contributed by atoms with E-state index in [1.165, 1.54) is 18.9 Å². The van der Waals surface area contributed by atoms with E-state index in [4.69, 9.17) is 26.2 Å². The lowest BCUT2D eigenvalue weighted by Gasteiger charge is -2.27. The molecular formula is C37H33N4O4PS2. The average Bonchev–Trinajstić information content (AvgIpc) is 3.49. The molecule has 6 aromatic rings. The van der Waals surface area contributed by atoms with E-state index in [-0.39, 0.29) is 18.0 Å². The summed E-state index contributed by atoms with van der Waals surface area (Å²) >= 11 is 7.98.